The first kappa shape index (κ1) is 22.0. The maximum Gasteiger partial charge on any atom is 0.251 e. The van der Waals surface area contributed by atoms with Crippen LogP contribution in [-0.2, 0) is 4.79 Å². The van der Waals surface area contributed by atoms with Gasteiger partial charge < -0.3 is 21.1 Å². The number of aliphatic hydroxyl groups is 1. The van der Waals surface area contributed by atoms with E-state index in [1.54, 1.807) is 4.90 Å². The molecule has 4 bridgehead atoms. The summed E-state index contributed by atoms with van der Waals surface area (Å²) in [5.74, 6) is 0.557. The lowest BCUT2D eigenvalue weighted by molar-refractivity contribution is -0.131. The molecule has 0 radical (unpaired) electrons. The van der Waals surface area contributed by atoms with Crippen LogP contribution < -0.4 is 11.1 Å². The van der Waals surface area contributed by atoms with Crippen LogP contribution in [0.15, 0.2) is 23.2 Å². The summed E-state index contributed by atoms with van der Waals surface area (Å²) in [6, 6.07) is 5.66. The summed E-state index contributed by atoms with van der Waals surface area (Å²) in [5.41, 5.74) is 9.89. The van der Waals surface area contributed by atoms with Crippen LogP contribution in [0.2, 0.25) is 0 Å². The molecule has 0 saturated carbocycles. The van der Waals surface area contributed by atoms with Gasteiger partial charge in [-0.1, -0.05) is 6.07 Å². The number of nitrogen functional groups attached to an aromatic ring is 1. The van der Waals surface area contributed by atoms with Crippen LogP contribution in [0.1, 0.15) is 34.3 Å². The van der Waals surface area contributed by atoms with E-state index in [0.717, 1.165) is 16.7 Å². The fraction of sp³-hybridized carbons (Fsp3) is 0.429. The van der Waals surface area contributed by atoms with Gasteiger partial charge in [-0.15, -0.1) is 11.8 Å². The quantitative estimate of drug-likeness (QED) is 0.622. The zero-order chi connectivity index (χ0) is 21.7. The van der Waals surface area contributed by atoms with E-state index in [1.807, 2.05) is 32.0 Å². The van der Waals surface area contributed by atoms with Gasteiger partial charge >= 0.3 is 0 Å². The number of carbonyl (C=O) groups is 2. The van der Waals surface area contributed by atoms with Crippen molar-refractivity contribution < 1.29 is 14.7 Å². The lowest BCUT2D eigenvalue weighted by Gasteiger charge is -2.22. The Morgan fingerprint density at radius 3 is 2.70 bits per heavy atom. The monoisotopic (exact) mass is 429 g/mol. The number of rotatable bonds is 2. The van der Waals surface area contributed by atoms with Crippen molar-refractivity contribution in [2.24, 2.45) is 0 Å². The number of aliphatic hydroxyl groups excluding tert-OH is 1. The second-order valence-electron chi connectivity index (χ2n) is 7.24. The maximum atomic E-state index is 12.7. The number of carbonyl (C=O) groups excluding carboxylic acids is 2. The third-order valence-electron chi connectivity index (χ3n) is 5.00. The number of nitrogens with two attached hydrogens (primary N) is 1. The van der Waals surface area contributed by atoms with E-state index < -0.39 is 0 Å². The van der Waals surface area contributed by atoms with E-state index in [0.29, 0.717) is 48.0 Å². The molecule has 1 aromatic heterocycles. The number of nitrogens with zero attached hydrogens (tertiary/aromatic N) is 3. The van der Waals surface area contributed by atoms with Gasteiger partial charge in [0.05, 0.1) is 12.3 Å². The lowest BCUT2D eigenvalue weighted by Crippen LogP contribution is -2.36. The van der Waals surface area contributed by atoms with Gasteiger partial charge in [0.2, 0.25) is 11.9 Å². The highest BCUT2D eigenvalue weighted by atomic mass is 32.2. The van der Waals surface area contributed by atoms with E-state index >= 15 is 0 Å². The SMILES string of the molecule is Cc1cc(C)c2cc1C(=O)NCCCC(=O)N(CCO)CCSc1cc-2nc(N)n1. The number of benzene rings is 1. The van der Waals surface area contributed by atoms with Crippen LogP contribution in [0, 0.1) is 13.8 Å². The molecule has 0 saturated heterocycles. The minimum Gasteiger partial charge on any atom is -0.395 e. The Hall–Kier alpha value is -2.65. The fourth-order valence-corrected chi connectivity index (χ4v) is 4.34. The molecule has 0 unspecified atom stereocenters. The standard InChI is InChI=1S/C21H27N5O3S/c1-13-10-14(2)16-11-15(13)17-12-18(25-21(22)24-17)30-9-7-26(6-8-27)19(28)4-3-5-23-20(16)29/h10-12,27H,3-9H2,1-2H3,(H,23,29)(H2,22,24,25). The number of nitrogens with one attached hydrogen (secondary N) is 1. The summed E-state index contributed by atoms with van der Waals surface area (Å²) in [4.78, 5) is 35.5. The topological polar surface area (TPSA) is 121 Å². The number of amides is 2. The number of hydrogen-bond donors (Lipinski definition) is 3. The van der Waals surface area contributed by atoms with Gasteiger partial charge in [-0.3, -0.25) is 9.59 Å². The van der Waals surface area contributed by atoms with Crippen molar-refractivity contribution in [1.29, 1.82) is 0 Å². The molecule has 160 valence electrons. The highest BCUT2D eigenvalue weighted by Crippen LogP contribution is 2.29. The van der Waals surface area contributed by atoms with Gasteiger partial charge in [0.1, 0.15) is 5.03 Å². The number of anilines is 1. The van der Waals surface area contributed by atoms with Crippen molar-refractivity contribution in [2.45, 2.75) is 31.7 Å². The molecule has 1 aliphatic rings. The average molecular weight is 430 g/mol. The van der Waals surface area contributed by atoms with Crippen LogP contribution >= 0.6 is 11.8 Å². The number of aromatic nitrogens is 2. The highest BCUT2D eigenvalue weighted by Gasteiger charge is 2.17. The van der Waals surface area contributed by atoms with Crippen molar-refractivity contribution in [3.05, 3.63) is 34.9 Å². The summed E-state index contributed by atoms with van der Waals surface area (Å²) < 4.78 is 0. The van der Waals surface area contributed by atoms with Crippen LogP contribution in [0.4, 0.5) is 5.95 Å². The Labute approximate surface area is 180 Å². The summed E-state index contributed by atoms with van der Waals surface area (Å²) >= 11 is 1.48. The van der Waals surface area contributed by atoms with Gasteiger partial charge in [0.25, 0.3) is 5.91 Å². The molecule has 2 heterocycles. The van der Waals surface area contributed by atoms with E-state index in [2.05, 4.69) is 15.3 Å². The molecule has 0 atom stereocenters. The number of hydrogen-bond acceptors (Lipinski definition) is 7. The summed E-state index contributed by atoms with van der Waals surface area (Å²) in [6.07, 6.45) is 0.851. The molecule has 0 spiro atoms. The van der Waals surface area contributed by atoms with Gasteiger partial charge in [-0.25, -0.2) is 9.97 Å². The molecule has 9 heteroatoms. The second-order valence-corrected chi connectivity index (χ2v) is 8.36. The Balaban J connectivity index is 1.99. The number of thioether (sulfide) groups is 1. The lowest BCUT2D eigenvalue weighted by atomic mass is 9.97. The Kier molecular flexibility index (Phi) is 7.28. The van der Waals surface area contributed by atoms with Crippen molar-refractivity contribution >= 4 is 29.5 Å². The van der Waals surface area contributed by atoms with Crippen LogP contribution in [0.5, 0.6) is 0 Å². The van der Waals surface area contributed by atoms with Gasteiger partial charge in [0, 0.05) is 42.9 Å². The molecule has 2 aromatic rings. The second kappa shape index (κ2) is 9.90. The van der Waals surface area contributed by atoms with Crippen molar-refractivity contribution in [3.8, 4) is 11.3 Å². The molecule has 3 rings (SSSR count). The first-order valence-corrected chi connectivity index (χ1v) is 10.9. The van der Waals surface area contributed by atoms with E-state index in [1.165, 1.54) is 11.8 Å². The largest absolute Gasteiger partial charge is 0.395 e. The highest BCUT2D eigenvalue weighted by molar-refractivity contribution is 7.99. The normalized spacial score (nSPS) is 15.8. The van der Waals surface area contributed by atoms with E-state index in [-0.39, 0.29) is 30.9 Å². The van der Waals surface area contributed by atoms with Crippen LogP contribution in [0.25, 0.3) is 11.3 Å². The van der Waals surface area contributed by atoms with Crippen molar-refractivity contribution in [3.63, 3.8) is 0 Å². The third-order valence-corrected chi connectivity index (χ3v) is 5.89. The van der Waals surface area contributed by atoms with Crippen LogP contribution in [0.3, 0.4) is 0 Å². The predicted molar refractivity (Wildman–Crippen MR) is 117 cm³/mol. The molecule has 2 amide bonds. The smallest absolute Gasteiger partial charge is 0.251 e. The molecule has 30 heavy (non-hydrogen) atoms. The minimum absolute atomic E-state index is 0.0392. The summed E-state index contributed by atoms with van der Waals surface area (Å²) in [7, 11) is 0. The zero-order valence-electron chi connectivity index (χ0n) is 17.3. The molecule has 0 aliphatic carbocycles. The first-order chi connectivity index (χ1) is 14.4. The predicted octanol–water partition coefficient (Wildman–Crippen LogP) is 1.78. The molecule has 0 fully saturated rings. The number of β-amino-alcohol motifs (C(OH)–C–C–N with tert-alkyl or cyclic N) is 1. The molecule has 8 nitrogen and oxygen atoms in total. The van der Waals surface area contributed by atoms with E-state index in [4.69, 9.17) is 5.73 Å². The summed E-state index contributed by atoms with van der Waals surface area (Å²) in [6.45, 7) is 4.96. The minimum atomic E-state index is -0.183. The Bertz CT molecular complexity index is 950. The Morgan fingerprint density at radius 1 is 1.17 bits per heavy atom. The van der Waals surface area contributed by atoms with Crippen LogP contribution in [-0.4, -0.2) is 63.8 Å². The number of fused-ring (bicyclic) bond motifs is 5. The molecule has 1 aromatic carbocycles. The van der Waals surface area contributed by atoms with Gasteiger partial charge in [0.15, 0.2) is 0 Å². The van der Waals surface area contributed by atoms with Crippen molar-refractivity contribution in [1.82, 2.24) is 20.2 Å². The average Bonchev–Trinajstić information content (AvgIpc) is 2.69. The molecular weight excluding hydrogens is 402 g/mol. The van der Waals surface area contributed by atoms with Crippen molar-refractivity contribution in [2.75, 3.05) is 37.7 Å². The zero-order valence-corrected chi connectivity index (χ0v) is 18.1. The first-order valence-electron chi connectivity index (χ1n) is 9.95. The molecule has 1 aliphatic heterocycles. The number of aryl methyl sites for hydroxylation is 2. The van der Waals surface area contributed by atoms with E-state index in [9.17, 15) is 14.7 Å². The van der Waals surface area contributed by atoms with Gasteiger partial charge in [-0.05, 0) is 43.5 Å². The Morgan fingerprint density at radius 2 is 1.93 bits per heavy atom. The van der Waals surface area contributed by atoms with Gasteiger partial charge in [-0.2, -0.15) is 0 Å². The summed E-state index contributed by atoms with van der Waals surface area (Å²) in [5, 5.41) is 12.9. The fourth-order valence-electron chi connectivity index (χ4n) is 3.46. The third kappa shape index (κ3) is 5.28. The maximum absolute atomic E-state index is 12.7. The molecule has 4 N–H and O–H groups in total. The molecular formula is C21H27N5O3S.